The van der Waals surface area contributed by atoms with Crippen molar-refractivity contribution in [1.82, 2.24) is 5.48 Å². The molecule has 10 heavy (non-hydrogen) atoms. The molecule has 1 heterocycles. The van der Waals surface area contributed by atoms with E-state index >= 15 is 0 Å². The van der Waals surface area contributed by atoms with Crippen molar-refractivity contribution < 1.29 is 4.84 Å². The molecule has 1 N–H and O–H groups in total. The van der Waals surface area contributed by atoms with Crippen LogP contribution in [-0.4, -0.2) is 13.2 Å². The molecule has 0 aromatic carbocycles. The molecule has 0 amide bonds. The van der Waals surface area contributed by atoms with Gasteiger partial charge in [0.1, 0.15) is 0 Å². The van der Waals surface area contributed by atoms with Crippen molar-refractivity contribution in [3.63, 3.8) is 0 Å². The van der Waals surface area contributed by atoms with Gasteiger partial charge < -0.3 is 4.84 Å². The van der Waals surface area contributed by atoms with Crippen LogP contribution in [0.4, 0.5) is 0 Å². The van der Waals surface area contributed by atoms with Crippen molar-refractivity contribution in [2.75, 3.05) is 13.2 Å². The normalized spacial score (nSPS) is 31.2. The van der Waals surface area contributed by atoms with Gasteiger partial charge in [0, 0.05) is 12.5 Å². The van der Waals surface area contributed by atoms with E-state index in [2.05, 4.69) is 23.7 Å². The first-order chi connectivity index (χ1) is 4.97. The van der Waals surface area contributed by atoms with Crippen LogP contribution in [0.5, 0.6) is 0 Å². The summed E-state index contributed by atoms with van der Waals surface area (Å²) in [6.07, 6.45) is 7.65. The molecule has 0 saturated carbocycles. The molecule has 1 fully saturated rings. The second kappa shape index (κ2) is 2.56. The maximum absolute atomic E-state index is 5.11. The van der Waals surface area contributed by atoms with E-state index in [-0.39, 0.29) is 0 Å². The summed E-state index contributed by atoms with van der Waals surface area (Å²) >= 11 is 0. The highest BCUT2D eigenvalue weighted by Gasteiger charge is 2.18. The van der Waals surface area contributed by atoms with E-state index in [1.54, 1.807) is 0 Å². The first kappa shape index (κ1) is 6.13. The summed E-state index contributed by atoms with van der Waals surface area (Å²) in [7, 11) is 0. The Bertz CT molecular complexity index is 184. The minimum absolute atomic E-state index is 0.645. The summed E-state index contributed by atoms with van der Waals surface area (Å²) in [5, 5.41) is 0. The third kappa shape index (κ3) is 1.00. The van der Waals surface area contributed by atoms with Crippen LogP contribution in [-0.2, 0) is 4.84 Å². The van der Waals surface area contributed by atoms with Crippen molar-refractivity contribution in [3.05, 3.63) is 23.8 Å². The second-order valence-corrected chi connectivity index (χ2v) is 2.73. The topological polar surface area (TPSA) is 21.3 Å². The highest BCUT2D eigenvalue weighted by Crippen LogP contribution is 2.22. The van der Waals surface area contributed by atoms with Crippen LogP contribution in [0.25, 0.3) is 0 Å². The molecule has 0 aromatic heterocycles. The first-order valence-corrected chi connectivity index (χ1v) is 3.67. The predicted octanol–water partition coefficient (Wildman–Crippen LogP) is 1.02. The fraction of sp³-hybridized carbons (Fsp3) is 0.500. The van der Waals surface area contributed by atoms with Gasteiger partial charge in [0.05, 0.1) is 6.61 Å². The van der Waals surface area contributed by atoms with Gasteiger partial charge in [-0.1, -0.05) is 18.2 Å². The lowest BCUT2D eigenvalue weighted by molar-refractivity contribution is 0.00522. The third-order valence-electron chi connectivity index (χ3n) is 2.05. The Hall–Kier alpha value is -0.600. The van der Waals surface area contributed by atoms with Crippen molar-refractivity contribution >= 4 is 0 Å². The molecule has 2 aliphatic rings. The summed E-state index contributed by atoms with van der Waals surface area (Å²) < 4.78 is 0. The lowest BCUT2D eigenvalue weighted by atomic mass is 9.92. The van der Waals surface area contributed by atoms with Crippen LogP contribution in [0.15, 0.2) is 23.8 Å². The fourth-order valence-electron chi connectivity index (χ4n) is 1.39. The SMILES string of the molecule is C1=CCC2CONCC2=C1. The van der Waals surface area contributed by atoms with Gasteiger partial charge in [-0.05, 0) is 12.0 Å². The van der Waals surface area contributed by atoms with Crippen LogP contribution in [0, 0.1) is 5.92 Å². The number of fused-ring (bicyclic) bond motifs is 1. The first-order valence-electron chi connectivity index (χ1n) is 3.67. The highest BCUT2D eigenvalue weighted by atomic mass is 16.6. The molecule has 0 aromatic rings. The van der Waals surface area contributed by atoms with E-state index in [9.17, 15) is 0 Å². The molecule has 2 nitrogen and oxygen atoms in total. The Morgan fingerprint density at radius 2 is 2.60 bits per heavy atom. The standard InChI is InChI=1S/C8H11NO/c1-2-4-8-6-10-9-5-7(8)3-1/h1-3,8-9H,4-6H2. The number of rotatable bonds is 0. The smallest absolute Gasteiger partial charge is 0.0751 e. The van der Waals surface area contributed by atoms with Gasteiger partial charge >= 0.3 is 0 Å². The number of nitrogens with one attached hydrogen (secondary N) is 1. The van der Waals surface area contributed by atoms with Gasteiger partial charge in [-0.2, -0.15) is 5.48 Å². The zero-order chi connectivity index (χ0) is 6.81. The molecular formula is C8H11NO. The van der Waals surface area contributed by atoms with Crippen molar-refractivity contribution in [2.45, 2.75) is 6.42 Å². The van der Waals surface area contributed by atoms with Gasteiger partial charge in [-0.3, -0.25) is 0 Å². The maximum atomic E-state index is 5.11. The molecule has 1 atom stereocenters. The maximum Gasteiger partial charge on any atom is 0.0751 e. The number of hydroxylamine groups is 1. The molecule has 1 aliphatic heterocycles. The molecular weight excluding hydrogens is 126 g/mol. The Morgan fingerprint density at radius 1 is 1.60 bits per heavy atom. The molecule has 2 heteroatoms. The lowest BCUT2D eigenvalue weighted by Gasteiger charge is -2.26. The van der Waals surface area contributed by atoms with Crippen LogP contribution in [0.3, 0.4) is 0 Å². The monoisotopic (exact) mass is 137 g/mol. The molecule has 1 saturated heterocycles. The number of allylic oxidation sites excluding steroid dienone is 3. The molecule has 0 bridgehead atoms. The summed E-state index contributed by atoms with van der Waals surface area (Å²) in [5.41, 5.74) is 4.36. The molecule has 1 unspecified atom stereocenters. The molecule has 1 aliphatic carbocycles. The van der Waals surface area contributed by atoms with Crippen LogP contribution in [0.1, 0.15) is 6.42 Å². The Kier molecular flexibility index (Phi) is 1.57. The van der Waals surface area contributed by atoms with Gasteiger partial charge in [-0.25, -0.2) is 0 Å². The highest BCUT2D eigenvalue weighted by molar-refractivity contribution is 5.22. The summed E-state index contributed by atoms with van der Waals surface area (Å²) in [6, 6.07) is 0. The van der Waals surface area contributed by atoms with Crippen LogP contribution in [0.2, 0.25) is 0 Å². The van der Waals surface area contributed by atoms with Crippen LogP contribution < -0.4 is 5.48 Å². The zero-order valence-corrected chi connectivity index (χ0v) is 5.84. The van der Waals surface area contributed by atoms with Gasteiger partial charge in [0.25, 0.3) is 0 Å². The van der Waals surface area contributed by atoms with E-state index in [1.165, 1.54) is 5.57 Å². The summed E-state index contributed by atoms with van der Waals surface area (Å²) in [6.45, 7) is 1.73. The molecule has 0 radical (unpaired) electrons. The minimum Gasteiger partial charge on any atom is -0.301 e. The zero-order valence-electron chi connectivity index (χ0n) is 5.84. The Morgan fingerprint density at radius 3 is 3.50 bits per heavy atom. The van der Waals surface area contributed by atoms with Crippen molar-refractivity contribution in [2.24, 2.45) is 5.92 Å². The van der Waals surface area contributed by atoms with Crippen molar-refractivity contribution in [3.8, 4) is 0 Å². The van der Waals surface area contributed by atoms with Gasteiger partial charge in [0.15, 0.2) is 0 Å². The van der Waals surface area contributed by atoms with Gasteiger partial charge in [-0.15, -0.1) is 0 Å². The summed E-state index contributed by atoms with van der Waals surface area (Å²) in [5.74, 6) is 0.645. The fourth-order valence-corrected chi connectivity index (χ4v) is 1.39. The summed E-state index contributed by atoms with van der Waals surface area (Å²) in [4.78, 5) is 5.11. The average Bonchev–Trinajstić information content (AvgIpc) is 2.05. The van der Waals surface area contributed by atoms with E-state index in [1.807, 2.05) is 0 Å². The lowest BCUT2D eigenvalue weighted by Crippen LogP contribution is -2.32. The third-order valence-corrected chi connectivity index (χ3v) is 2.05. The van der Waals surface area contributed by atoms with E-state index in [0.29, 0.717) is 5.92 Å². The van der Waals surface area contributed by atoms with E-state index in [0.717, 1.165) is 19.6 Å². The van der Waals surface area contributed by atoms with E-state index in [4.69, 9.17) is 4.84 Å². The van der Waals surface area contributed by atoms with Gasteiger partial charge in [0.2, 0.25) is 0 Å². The molecule has 2 rings (SSSR count). The number of hydrogen-bond acceptors (Lipinski definition) is 2. The molecule has 54 valence electrons. The quantitative estimate of drug-likeness (QED) is 0.538. The Balaban J connectivity index is 2.14. The average molecular weight is 137 g/mol. The number of hydrogen-bond donors (Lipinski definition) is 1. The minimum atomic E-state index is 0.645. The Labute approximate surface area is 60.5 Å². The van der Waals surface area contributed by atoms with Crippen LogP contribution >= 0.6 is 0 Å². The van der Waals surface area contributed by atoms with Crippen molar-refractivity contribution in [1.29, 1.82) is 0 Å². The largest absolute Gasteiger partial charge is 0.301 e. The predicted molar refractivity (Wildman–Crippen MR) is 39.3 cm³/mol. The molecule has 0 spiro atoms. The van der Waals surface area contributed by atoms with E-state index < -0.39 is 0 Å². The second-order valence-electron chi connectivity index (χ2n) is 2.73.